The minimum atomic E-state index is -0.878. The van der Waals surface area contributed by atoms with Crippen LogP contribution in [0.2, 0.25) is 0 Å². The molecule has 0 saturated carbocycles. The summed E-state index contributed by atoms with van der Waals surface area (Å²) in [7, 11) is 0. The van der Waals surface area contributed by atoms with Crippen molar-refractivity contribution in [1.29, 1.82) is 0 Å². The Bertz CT molecular complexity index is 969. The van der Waals surface area contributed by atoms with Crippen molar-refractivity contribution in [3.05, 3.63) is 102 Å². The van der Waals surface area contributed by atoms with Crippen molar-refractivity contribution in [3.63, 3.8) is 0 Å². The third kappa shape index (κ3) is 4.63. The summed E-state index contributed by atoms with van der Waals surface area (Å²) in [6, 6.07) is 24.4. The van der Waals surface area contributed by atoms with Crippen LogP contribution in [-0.4, -0.2) is 29.4 Å². The molecule has 0 spiro atoms. The average Bonchev–Trinajstić information content (AvgIpc) is 2.84. The summed E-state index contributed by atoms with van der Waals surface area (Å²) >= 11 is 0. The zero-order chi connectivity index (χ0) is 20.8. The third-order valence-electron chi connectivity index (χ3n) is 5.50. The summed E-state index contributed by atoms with van der Waals surface area (Å²) in [4.78, 5) is 30.1. The molecule has 3 aromatic rings. The Kier molecular flexibility index (Phi) is 6.30. The minimum Gasteiger partial charge on any atom is -0.450 e. The SMILES string of the molecule is O=C(OC(C(=O)c1ccccn1)C1CCC(c2ccccc2)NC1)c1ccccc1. The fourth-order valence-electron chi connectivity index (χ4n) is 3.88. The largest absolute Gasteiger partial charge is 0.450 e. The standard InChI is InChI=1S/C25H24N2O3/c28-23(22-13-7-8-16-26-22)24(30-25(29)19-11-5-2-6-12-19)20-14-15-21(27-17-20)18-9-3-1-4-10-18/h1-13,16,20-21,24,27H,14-15,17H2. The number of rotatable bonds is 6. The third-order valence-corrected chi connectivity index (χ3v) is 5.50. The maximum Gasteiger partial charge on any atom is 0.338 e. The van der Waals surface area contributed by atoms with Gasteiger partial charge in [0.2, 0.25) is 5.78 Å². The zero-order valence-corrected chi connectivity index (χ0v) is 16.6. The lowest BCUT2D eigenvalue weighted by Crippen LogP contribution is -2.44. The molecule has 1 fully saturated rings. The van der Waals surface area contributed by atoms with Gasteiger partial charge in [-0.15, -0.1) is 0 Å². The van der Waals surface area contributed by atoms with Crippen LogP contribution in [0, 0.1) is 5.92 Å². The molecule has 5 heteroatoms. The molecule has 5 nitrogen and oxygen atoms in total. The topological polar surface area (TPSA) is 68.3 Å². The Morgan fingerprint density at radius 3 is 2.23 bits per heavy atom. The van der Waals surface area contributed by atoms with Gasteiger partial charge >= 0.3 is 5.97 Å². The van der Waals surface area contributed by atoms with E-state index in [1.54, 1.807) is 48.7 Å². The molecule has 1 aliphatic rings. The van der Waals surface area contributed by atoms with Crippen molar-refractivity contribution in [2.24, 2.45) is 5.92 Å². The van der Waals surface area contributed by atoms with Crippen molar-refractivity contribution < 1.29 is 14.3 Å². The first-order valence-electron chi connectivity index (χ1n) is 10.2. The number of piperidine rings is 1. The number of nitrogens with zero attached hydrogens (tertiary/aromatic N) is 1. The number of carbonyl (C=O) groups is 2. The maximum absolute atomic E-state index is 13.2. The highest BCUT2D eigenvalue weighted by molar-refractivity contribution is 6.00. The predicted molar refractivity (Wildman–Crippen MR) is 114 cm³/mol. The Hall–Kier alpha value is -3.31. The van der Waals surface area contributed by atoms with E-state index < -0.39 is 12.1 Å². The van der Waals surface area contributed by atoms with Crippen LogP contribution in [0.5, 0.6) is 0 Å². The predicted octanol–water partition coefficient (Wildman–Crippen LogP) is 4.23. The quantitative estimate of drug-likeness (QED) is 0.495. The second-order valence-corrected chi connectivity index (χ2v) is 7.48. The van der Waals surface area contributed by atoms with E-state index in [4.69, 9.17) is 4.74 Å². The average molecular weight is 400 g/mol. The van der Waals surface area contributed by atoms with Gasteiger partial charge in [0.25, 0.3) is 0 Å². The van der Waals surface area contributed by atoms with Crippen molar-refractivity contribution >= 4 is 11.8 Å². The minimum absolute atomic E-state index is 0.118. The van der Waals surface area contributed by atoms with Crippen LogP contribution in [-0.2, 0) is 4.74 Å². The molecule has 0 amide bonds. The fourth-order valence-corrected chi connectivity index (χ4v) is 3.88. The van der Waals surface area contributed by atoms with E-state index in [2.05, 4.69) is 22.4 Å². The molecular weight excluding hydrogens is 376 g/mol. The molecule has 1 saturated heterocycles. The molecule has 1 aliphatic heterocycles. The Morgan fingerprint density at radius 1 is 0.900 bits per heavy atom. The molecule has 0 bridgehead atoms. The van der Waals surface area contributed by atoms with Crippen molar-refractivity contribution in [2.45, 2.75) is 25.0 Å². The smallest absolute Gasteiger partial charge is 0.338 e. The first-order valence-corrected chi connectivity index (χ1v) is 10.2. The Labute approximate surface area is 176 Å². The van der Waals surface area contributed by atoms with Crippen LogP contribution in [0.4, 0.5) is 0 Å². The van der Waals surface area contributed by atoms with Crippen molar-refractivity contribution in [3.8, 4) is 0 Å². The van der Waals surface area contributed by atoms with Crippen LogP contribution in [0.15, 0.2) is 85.1 Å². The highest BCUT2D eigenvalue weighted by Gasteiger charge is 2.36. The van der Waals surface area contributed by atoms with Gasteiger partial charge in [-0.2, -0.15) is 0 Å². The van der Waals surface area contributed by atoms with Gasteiger partial charge in [-0.1, -0.05) is 54.6 Å². The van der Waals surface area contributed by atoms with E-state index in [1.165, 1.54) is 5.56 Å². The van der Waals surface area contributed by atoms with Crippen LogP contribution < -0.4 is 5.32 Å². The Morgan fingerprint density at radius 2 is 1.60 bits per heavy atom. The molecule has 0 radical (unpaired) electrons. The number of ether oxygens (including phenoxy) is 1. The van der Waals surface area contributed by atoms with E-state index in [0.29, 0.717) is 17.8 Å². The number of ketones is 1. The lowest BCUT2D eigenvalue weighted by molar-refractivity contribution is 0.0104. The number of Topliss-reactive ketones (excluding diaryl/α,β-unsaturated/α-hetero) is 1. The molecule has 4 rings (SSSR count). The number of pyridine rings is 1. The van der Waals surface area contributed by atoms with Gasteiger partial charge in [0.15, 0.2) is 6.10 Å². The van der Waals surface area contributed by atoms with Crippen molar-refractivity contribution in [2.75, 3.05) is 6.54 Å². The summed E-state index contributed by atoms with van der Waals surface area (Å²) in [5, 5.41) is 3.52. The lowest BCUT2D eigenvalue weighted by atomic mass is 9.85. The van der Waals surface area contributed by atoms with Crippen molar-refractivity contribution in [1.82, 2.24) is 10.3 Å². The number of aromatic nitrogens is 1. The first kappa shape index (κ1) is 20.0. The van der Waals surface area contributed by atoms with E-state index >= 15 is 0 Å². The number of nitrogens with one attached hydrogen (secondary N) is 1. The molecule has 3 atom stereocenters. The van der Waals surface area contributed by atoms with Gasteiger partial charge in [-0.05, 0) is 42.7 Å². The zero-order valence-electron chi connectivity index (χ0n) is 16.6. The number of carbonyl (C=O) groups excluding carboxylic acids is 2. The van der Waals surface area contributed by atoms with E-state index in [-0.39, 0.29) is 17.7 Å². The molecule has 30 heavy (non-hydrogen) atoms. The van der Waals surface area contributed by atoms with Gasteiger partial charge in [0, 0.05) is 24.7 Å². The second-order valence-electron chi connectivity index (χ2n) is 7.48. The second kappa shape index (κ2) is 9.46. The van der Waals surface area contributed by atoms with Gasteiger partial charge in [0.05, 0.1) is 5.56 Å². The lowest BCUT2D eigenvalue weighted by Gasteiger charge is -2.34. The number of esters is 1. The van der Waals surface area contributed by atoms with E-state index in [1.807, 2.05) is 24.3 Å². The Balaban J connectivity index is 1.52. The first-order chi connectivity index (χ1) is 14.7. The molecule has 152 valence electrons. The number of hydrogen-bond donors (Lipinski definition) is 1. The summed E-state index contributed by atoms with van der Waals surface area (Å²) in [5.74, 6) is -0.868. The molecule has 1 aromatic heterocycles. The number of benzene rings is 2. The van der Waals surface area contributed by atoms with Gasteiger partial charge in [-0.25, -0.2) is 4.79 Å². The van der Waals surface area contributed by atoms with Crippen LogP contribution in [0.1, 0.15) is 45.3 Å². The van der Waals surface area contributed by atoms with E-state index in [9.17, 15) is 9.59 Å². The molecule has 1 N–H and O–H groups in total. The molecular formula is C25H24N2O3. The highest BCUT2D eigenvalue weighted by Crippen LogP contribution is 2.29. The molecule has 2 aromatic carbocycles. The van der Waals surface area contributed by atoms with Gasteiger partial charge in [0.1, 0.15) is 5.69 Å². The van der Waals surface area contributed by atoms with Gasteiger partial charge in [-0.3, -0.25) is 9.78 Å². The fraction of sp³-hybridized carbons (Fsp3) is 0.240. The molecule has 3 unspecified atom stereocenters. The summed E-state index contributed by atoms with van der Waals surface area (Å²) in [5.41, 5.74) is 1.97. The van der Waals surface area contributed by atoms with Crippen LogP contribution >= 0.6 is 0 Å². The van der Waals surface area contributed by atoms with Crippen LogP contribution in [0.25, 0.3) is 0 Å². The van der Waals surface area contributed by atoms with E-state index in [0.717, 1.165) is 12.8 Å². The maximum atomic E-state index is 13.2. The van der Waals surface area contributed by atoms with Gasteiger partial charge < -0.3 is 10.1 Å². The highest BCUT2D eigenvalue weighted by atomic mass is 16.5. The summed E-state index contributed by atoms with van der Waals surface area (Å²) < 4.78 is 5.76. The number of hydrogen-bond acceptors (Lipinski definition) is 5. The normalized spacial score (nSPS) is 19.6. The monoisotopic (exact) mass is 400 g/mol. The molecule has 2 heterocycles. The molecule has 0 aliphatic carbocycles. The summed E-state index contributed by atoms with van der Waals surface area (Å²) in [6.07, 6.45) is 2.34. The van der Waals surface area contributed by atoms with Crippen LogP contribution in [0.3, 0.4) is 0 Å². The summed E-state index contributed by atoms with van der Waals surface area (Å²) in [6.45, 7) is 0.588.